The molecule has 0 saturated carbocycles. The molecule has 1 unspecified atom stereocenters. The SMILES string of the molecule is CC(C)c1ccccc1NC(=O)C1CC(=O)N(c2ccccc2Br)C1. The molecule has 2 aromatic carbocycles. The molecular formula is C20H21BrN2O2. The van der Waals surface area contributed by atoms with E-state index >= 15 is 0 Å². The van der Waals surface area contributed by atoms with Crippen LogP contribution in [0.4, 0.5) is 11.4 Å². The van der Waals surface area contributed by atoms with Crippen molar-refractivity contribution in [3.63, 3.8) is 0 Å². The summed E-state index contributed by atoms with van der Waals surface area (Å²) in [5.41, 5.74) is 2.74. The summed E-state index contributed by atoms with van der Waals surface area (Å²) in [7, 11) is 0. The third kappa shape index (κ3) is 3.76. The Morgan fingerprint density at radius 2 is 1.84 bits per heavy atom. The molecule has 1 saturated heterocycles. The largest absolute Gasteiger partial charge is 0.326 e. The van der Waals surface area contributed by atoms with Crippen LogP contribution in [-0.4, -0.2) is 18.4 Å². The highest BCUT2D eigenvalue weighted by Crippen LogP contribution is 2.32. The normalized spacial score (nSPS) is 17.2. The van der Waals surface area contributed by atoms with Crippen LogP contribution in [0.3, 0.4) is 0 Å². The lowest BCUT2D eigenvalue weighted by molar-refractivity contribution is -0.122. The van der Waals surface area contributed by atoms with Crippen LogP contribution < -0.4 is 10.2 Å². The molecule has 2 amide bonds. The van der Waals surface area contributed by atoms with Crippen LogP contribution in [0.25, 0.3) is 0 Å². The summed E-state index contributed by atoms with van der Waals surface area (Å²) in [5, 5.41) is 3.01. The number of benzene rings is 2. The van der Waals surface area contributed by atoms with E-state index in [0.717, 1.165) is 21.4 Å². The highest BCUT2D eigenvalue weighted by molar-refractivity contribution is 9.10. The number of hydrogen-bond acceptors (Lipinski definition) is 2. The first kappa shape index (κ1) is 17.7. The van der Waals surface area contributed by atoms with E-state index in [9.17, 15) is 9.59 Å². The second-order valence-electron chi connectivity index (χ2n) is 6.59. The smallest absolute Gasteiger partial charge is 0.229 e. The Hall–Kier alpha value is -2.14. The van der Waals surface area contributed by atoms with Crippen LogP contribution in [0, 0.1) is 5.92 Å². The van der Waals surface area contributed by atoms with Crippen LogP contribution in [0.2, 0.25) is 0 Å². The molecule has 0 aromatic heterocycles. The van der Waals surface area contributed by atoms with Crippen molar-refractivity contribution in [3.8, 4) is 0 Å². The van der Waals surface area contributed by atoms with Gasteiger partial charge in [0.05, 0.1) is 11.6 Å². The number of halogens is 1. The second kappa shape index (κ2) is 7.40. The van der Waals surface area contributed by atoms with E-state index in [-0.39, 0.29) is 24.2 Å². The van der Waals surface area contributed by atoms with Gasteiger partial charge in [0.1, 0.15) is 0 Å². The molecule has 25 heavy (non-hydrogen) atoms. The number of hydrogen-bond donors (Lipinski definition) is 1. The summed E-state index contributed by atoms with van der Waals surface area (Å²) in [6.07, 6.45) is 0.233. The van der Waals surface area contributed by atoms with E-state index < -0.39 is 0 Å². The molecular weight excluding hydrogens is 380 g/mol. The van der Waals surface area contributed by atoms with Crippen molar-refractivity contribution in [1.29, 1.82) is 0 Å². The van der Waals surface area contributed by atoms with Crippen LogP contribution in [0.15, 0.2) is 53.0 Å². The van der Waals surface area contributed by atoms with Gasteiger partial charge in [0.2, 0.25) is 11.8 Å². The van der Waals surface area contributed by atoms with Crippen molar-refractivity contribution in [3.05, 3.63) is 58.6 Å². The van der Waals surface area contributed by atoms with Gasteiger partial charge in [-0.1, -0.05) is 44.2 Å². The van der Waals surface area contributed by atoms with E-state index in [0.29, 0.717) is 12.5 Å². The maximum atomic E-state index is 12.7. The topological polar surface area (TPSA) is 49.4 Å². The predicted molar refractivity (Wildman–Crippen MR) is 104 cm³/mol. The monoisotopic (exact) mass is 400 g/mol. The van der Waals surface area contributed by atoms with E-state index in [4.69, 9.17) is 0 Å². The van der Waals surface area contributed by atoms with Gasteiger partial charge in [0.15, 0.2) is 0 Å². The van der Waals surface area contributed by atoms with Crippen LogP contribution >= 0.6 is 15.9 Å². The van der Waals surface area contributed by atoms with Gasteiger partial charge in [-0.3, -0.25) is 9.59 Å². The number of nitrogens with one attached hydrogen (secondary N) is 1. The molecule has 130 valence electrons. The Balaban J connectivity index is 1.75. The van der Waals surface area contributed by atoms with E-state index in [2.05, 4.69) is 35.1 Å². The Bertz CT molecular complexity index is 804. The number of para-hydroxylation sites is 2. The molecule has 1 heterocycles. The molecule has 1 fully saturated rings. The average Bonchev–Trinajstić information content (AvgIpc) is 2.97. The first-order valence-electron chi connectivity index (χ1n) is 8.42. The van der Waals surface area contributed by atoms with Crippen LogP contribution in [-0.2, 0) is 9.59 Å². The molecule has 2 aromatic rings. The van der Waals surface area contributed by atoms with E-state index in [1.807, 2.05) is 48.5 Å². The fourth-order valence-electron chi connectivity index (χ4n) is 3.14. The van der Waals surface area contributed by atoms with E-state index in [1.165, 1.54) is 0 Å². The number of carbonyl (C=O) groups is 2. The summed E-state index contributed by atoms with van der Waals surface area (Å²) >= 11 is 3.48. The molecule has 0 spiro atoms. The molecule has 1 atom stereocenters. The molecule has 5 heteroatoms. The number of amides is 2. The lowest BCUT2D eigenvalue weighted by Gasteiger charge is -2.19. The van der Waals surface area contributed by atoms with Gasteiger partial charge in [-0.2, -0.15) is 0 Å². The fraction of sp³-hybridized carbons (Fsp3) is 0.300. The van der Waals surface area contributed by atoms with Crippen LogP contribution in [0.5, 0.6) is 0 Å². The zero-order valence-electron chi connectivity index (χ0n) is 14.3. The minimum atomic E-state index is -0.347. The van der Waals surface area contributed by atoms with Gasteiger partial charge in [-0.25, -0.2) is 0 Å². The summed E-state index contributed by atoms with van der Waals surface area (Å²) in [5.74, 6) is -0.154. The van der Waals surface area contributed by atoms with Crippen molar-refractivity contribution in [2.24, 2.45) is 5.92 Å². The average molecular weight is 401 g/mol. The van der Waals surface area contributed by atoms with Crippen molar-refractivity contribution >= 4 is 39.1 Å². The highest BCUT2D eigenvalue weighted by atomic mass is 79.9. The molecule has 1 N–H and O–H groups in total. The second-order valence-corrected chi connectivity index (χ2v) is 7.44. The first-order chi connectivity index (χ1) is 12.0. The Morgan fingerprint density at radius 1 is 1.16 bits per heavy atom. The number of carbonyl (C=O) groups excluding carboxylic acids is 2. The fourth-order valence-corrected chi connectivity index (χ4v) is 3.63. The number of rotatable bonds is 4. The molecule has 0 radical (unpaired) electrons. The molecule has 3 rings (SSSR count). The maximum absolute atomic E-state index is 12.7. The van der Waals surface area contributed by atoms with Crippen LogP contribution in [0.1, 0.15) is 31.7 Å². The lowest BCUT2D eigenvalue weighted by Crippen LogP contribution is -2.28. The number of nitrogens with zero attached hydrogens (tertiary/aromatic N) is 1. The van der Waals surface area contributed by atoms with E-state index in [1.54, 1.807) is 4.90 Å². The third-order valence-electron chi connectivity index (χ3n) is 4.48. The standard InChI is InChI=1S/C20H21BrN2O2/c1-13(2)15-7-3-5-9-17(15)22-20(25)14-11-19(24)23(12-14)18-10-6-4-8-16(18)21/h3-10,13-14H,11-12H2,1-2H3,(H,22,25). The van der Waals surface area contributed by atoms with Gasteiger partial charge in [-0.15, -0.1) is 0 Å². The zero-order chi connectivity index (χ0) is 18.0. The van der Waals surface area contributed by atoms with Gasteiger partial charge < -0.3 is 10.2 Å². The summed E-state index contributed by atoms with van der Waals surface area (Å²) < 4.78 is 0.856. The molecule has 1 aliphatic rings. The van der Waals surface area contributed by atoms with Gasteiger partial charge in [-0.05, 0) is 45.6 Å². The maximum Gasteiger partial charge on any atom is 0.229 e. The van der Waals surface area contributed by atoms with Crippen molar-refractivity contribution < 1.29 is 9.59 Å². The third-order valence-corrected chi connectivity index (χ3v) is 5.15. The first-order valence-corrected chi connectivity index (χ1v) is 9.21. The Labute approximate surface area is 156 Å². The minimum Gasteiger partial charge on any atom is -0.326 e. The molecule has 4 nitrogen and oxygen atoms in total. The van der Waals surface area contributed by atoms with Gasteiger partial charge in [0.25, 0.3) is 0 Å². The summed E-state index contributed by atoms with van der Waals surface area (Å²) in [6, 6.07) is 15.4. The predicted octanol–water partition coefficient (Wildman–Crippen LogP) is 4.56. The number of anilines is 2. The summed E-state index contributed by atoms with van der Waals surface area (Å²) in [6.45, 7) is 4.59. The highest BCUT2D eigenvalue weighted by Gasteiger charge is 2.36. The lowest BCUT2D eigenvalue weighted by atomic mass is 10.0. The summed E-state index contributed by atoms with van der Waals surface area (Å²) in [4.78, 5) is 26.8. The molecule has 0 aliphatic carbocycles. The quantitative estimate of drug-likeness (QED) is 0.817. The zero-order valence-corrected chi connectivity index (χ0v) is 15.9. The Morgan fingerprint density at radius 3 is 2.56 bits per heavy atom. The van der Waals surface area contributed by atoms with Crippen molar-refractivity contribution in [1.82, 2.24) is 0 Å². The van der Waals surface area contributed by atoms with Crippen molar-refractivity contribution in [2.45, 2.75) is 26.2 Å². The van der Waals surface area contributed by atoms with Gasteiger partial charge in [0, 0.05) is 23.1 Å². The van der Waals surface area contributed by atoms with Crippen molar-refractivity contribution in [2.75, 3.05) is 16.8 Å². The molecule has 1 aliphatic heterocycles. The minimum absolute atomic E-state index is 0.0239. The van der Waals surface area contributed by atoms with Gasteiger partial charge >= 0.3 is 0 Å². The Kier molecular flexibility index (Phi) is 5.23. The molecule has 0 bridgehead atoms.